The van der Waals surface area contributed by atoms with Gasteiger partial charge in [-0.2, -0.15) is 0 Å². The molecule has 0 atom stereocenters. The van der Waals surface area contributed by atoms with Gasteiger partial charge in [-0.15, -0.1) is 0 Å². The third kappa shape index (κ3) is 3.45. The molecule has 1 heterocycles. The highest BCUT2D eigenvalue weighted by Gasteiger charge is 2.17. The van der Waals surface area contributed by atoms with Crippen LogP contribution in [0.1, 0.15) is 12.8 Å². The molecule has 94 valence electrons. The molecule has 2 rings (SSSR count). The Kier molecular flexibility index (Phi) is 4.45. The molecular weight excluding hydrogens is 302 g/mol. The van der Waals surface area contributed by atoms with Gasteiger partial charge in [0.15, 0.2) is 0 Å². The molecular formula is C12H16BrNO2S. The van der Waals surface area contributed by atoms with Gasteiger partial charge >= 0.3 is 0 Å². The fourth-order valence-corrected chi connectivity index (χ4v) is 3.77. The molecule has 1 aliphatic rings. The first-order valence-corrected chi connectivity index (χ1v) is 7.92. The molecule has 0 aliphatic carbocycles. The lowest BCUT2D eigenvalue weighted by molar-refractivity contribution is 0.412. The summed E-state index contributed by atoms with van der Waals surface area (Å²) in [6.07, 6.45) is 1.96. The zero-order chi connectivity index (χ0) is 12.3. The number of nitrogens with one attached hydrogen (secondary N) is 1. The number of rotatable bonds is 3. The monoisotopic (exact) mass is 317 g/mol. The second kappa shape index (κ2) is 5.87. The Morgan fingerprint density at radius 3 is 2.71 bits per heavy atom. The van der Waals surface area contributed by atoms with Gasteiger partial charge in [-0.25, -0.2) is 0 Å². The van der Waals surface area contributed by atoms with E-state index in [4.69, 9.17) is 4.74 Å². The van der Waals surface area contributed by atoms with Crippen molar-refractivity contribution in [1.82, 2.24) is 0 Å². The predicted molar refractivity (Wildman–Crippen MR) is 75.2 cm³/mol. The van der Waals surface area contributed by atoms with E-state index in [1.165, 1.54) is 0 Å². The number of hydrogen-bond donors (Lipinski definition) is 1. The molecule has 17 heavy (non-hydrogen) atoms. The fourth-order valence-electron chi connectivity index (χ4n) is 1.93. The summed E-state index contributed by atoms with van der Waals surface area (Å²) in [5, 5.41) is 3.47. The molecule has 1 aliphatic heterocycles. The van der Waals surface area contributed by atoms with Crippen LogP contribution in [0.4, 0.5) is 5.69 Å². The van der Waals surface area contributed by atoms with Gasteiger partial charge in [-0.1, -0.05) is 0 Å². The van der Waals surface area contributed by atoms with E-state index >= 15 is 0 Å². The number of benzene rings is 1. The van der Waals surface area contributed by atoms with Crippen LogP contribution in [0.2, 0.25) is 0 Å². The molecule has 0 amide bonds. The van der Waals surface area contributed by atoms with Crippen LogP contribution in [-0.4, -0.2) is 28.9 Å². The van der Waals surface area contributed by atoms with Gasteiger partial charge in [0, 0.05) is 34.0 Å². The molecule has 1 N–H and O–H groups in total. The van der Waals surface area contributed by atoms with Gasteiger partial charge in [-0.3, -0.25) is 4.21 Å². The van der Waals surface area contributed by atoms with Crippen molar-refractivity contribution in [2.24, 2.45) is 0 Å². The summed E-state index contributed by atoms with van der Waals surface area (Å²) in [4.78, 5) is 0. The average molecular weight is 318 g/mol. The standard InChI is InChI=1S/C12H16BrNO2S/c1-16-12-3-2-10(8-11(12)13)14-9-4-6-17(15)7-5-9/h2-3,8-9,14H,4-7H2,1H3. The maximum absolute atomic E-state index is 11.3. The van der Waals surface area contributed by atoms with Crippen molar-refractivity contribution >= 4 is 32.4 Å². The number of ether oxygens (including phenoxy) is 1. The van der Waals surface area contributed by atoms with Crippen molar-refractivity contribution in [3.8, 4) is 5.75 Å². The van der Waals surface area contributed by atoms with Crippen LogP contribution in [0.25, 0.3) is 0 Å². The quantitative estimate of drug-likeness (QED) is 0.931. The highest BCUT2D eigenvalue weighted by atomic mass is 79.9. The second-order valence-corrected chi connectivity index (χ2v) is 6.67. The van der Waals surface area contributed by atoms with E-state index < -0.39 is 10.8 Å². The van der Waals surface area contributed by atoms with Crippen molar-refractivity contribution < 1.29 is 8.95 Å². The number of anilines is 1. The van der Waals surface area contributed by atoms with Crippen LogP contribution in [0, 0.1) is 0 Å². The molecule has 1 fully saturated rings. The maximum atomic E-state index is 11.3. The van der Waals surface area contributed by atoms with E-state index in [-0.39, 0.29) is 0 Å². The molecule has 3 nitrogen and oxygen atoms in total. The number of hydrogen-bond acceptors (Lipinski definition) is 3. The van der Waals surface area contributed by atoms with Gasteiger partial charge in [-0.05, 0) is 47.0 Å². The minimum absolute atomic E-state index is 0.438. The first-order chi connectivity index (χ1) is 8.19. The fraction of sp³-hybridized carbons (Fsp3) is 0.500. The summed E-state index contributed by atoms with van der Waals surface area (Å²) in [6.45, 7) is 0. The highest BCUT2D eigenvalue weighted by molar-refractivity contribution is 9.10. The second-order valence-electron chi connectivity index (χ2n) is 4.12. The topological polar surface area (TPSA) is 38.3 Å². The van der Waals surface area contributed by atoms with Crippen LogP contribution < -0.4 is 10.1 Å². The summed E-state index contributed by atoms with van der Waals surface area (Å²) < 4.78 is 17.4. The van der Waals surface area contributed by atoms with E-state index in [1.54, 1.807) is 7.11 Å². The summed E-state index contributed by atoms with van der Waals surface area (Å²) in [5.41, 5.74) is 1.08. The Morgan fingerprint density at radius 1 is 1.41 bits per heavy atom. The Bertz CT molecular complexity index is 415. The van der Waals surface area contributed by atoms with Gasteiger partial charge in [0.1, 0.15) is 5.75 Å². The van der Waals surface area contributed by atoms with Crippen molar-refractivity contribution in [2.75, 3.05) is 23.9 Å². The van der Waals surface area contributed by atoms with Gasteiger partial charge in [0.25, 0.3) is 0 Å². The minimum atomic E-state index is -0.598. The van der Waals surface area contributed by atoms with Crippen LogP contribution in [0.15, 0.2) is 22.7 Å². The Morgan fingerprint density at radius 2 is 2.12 bits per heavy atom. The van der Waals surface area contributed by atoms with Crippen molar-refractivity contribution in [1.29, 1.82) is 0 Å². The Balaban J connectivity index is 1.99. The molecule has 0 radical (unpaired) electrons. The van der Waals surface area contributed by atoms with Gasteiger partial charge in [0.05, 0.1) is 11.6 Å². The first kappa shape index (κ1) is 12.9. The third-order valence-corrected chi connectivity index (χ3v) is 4.91. The lowest BCUT2D eigenvalue weighted by atomic mass is 10.1. The lowest BCUT2D eigenvalue weighted by Gasteiger charge is -2.23. The van der Waals surface area contributed by atoms with E-state index in [1.807, 2.05) is 18.2 Å². The zero-order valence-electron chi connectivity index (χ0n) is 9.74. The Hall–Kier alpha value is -0.550. The molecule has 0 spiro atoms. The maximum Gasteiger partial charge on any atom is 0.133 e. The summed E-state index contributed by atoms with van der Waals surface area (Å²) in [7, 11) is 1.06. The van der Waals surface area contributed by atoms with Crippen LogP contribution in [-0.2, 0) is 10.8 Å². The molecule has 0 bridgehead atoms. The highest BCUT2D eigenvalue weighted by Crippen LogP contribution is 2.28. The molecule has 1 saturated heterocycles. The van der Waals surface area contributed by atoms with Crippen LogP contribution in [0.3, 0.4) is 0 Å². The lowest BCUT2D eigenvalue weighted by Crippen LogP contribution is -2.29. The summed E-state index contributed by atoms with van der Waals surface area (Å²) in [6, 6.07) is 6.40. The normalized spacial score (nSPS) is 24.4. The van der Waals surface area contributed by atoms with Crippen molar-refractivity contribution in [3.63, 3.8) is 0 Å². The van der Waals surface area contributed by atoms with Crippen LogP contribution >= 0.6 is 15.9 Å². The van der Waals surface area contributed by atoms with E-state index in [0.717, 1.165) is 40.3 Å². The van der Waals surface area contributed by atoms with Crippen molar-refractivity contribution in [3.05, 3.63) is 22.7 Å². The zero-order valence-corrected chi connectivity index (χ0v) is 12.1. The SMILES string of the molecule is COc1ccc(NC2CCS(=O)CC2)cc1Br. The van der Waals surface area contributed by atoms with E-state index in [2.05, 4.69) is 21.2 Å². The molecule has 1 aromatic rings. The largest absolute Gasteiger partial charge is 0.496 e. The van der Waals surface area contributed by atoms with E-state index in [9.17, 15) is 4.21 Å². The number of halogens is 1. The molecule has 0 aromatic heterocycles. The van der Waals surface area contributed by atoms with Crippen molar-refractivity contribution in [2.45, 2.75) is 18.9 Å². The number of methoxy groups -OCH3 is 1. The first-order valence-electron chi connectivity index (χ1n) is 5.64. The van der Waals surface area contributed by atoms with E-state index in [0.29, 0.717) is 6.04 Å². The van der Waals surface area contributed by atoms with Crippen LogP contribution in [0.5, 0.6) is 5.75 Å². The predicted octanol–water partition coefficient (Wildman–Crippen LogP) is 2.78. The van der Waals surface area contributed by atoms with Gasteiger partial charge in [0.2, 0.25) is 0 Å². The van der Waals surface area contributed by atoms with Gasteiger partial charge < -0.3 is 10.1 Å². The summed E-state index contributed by atoms with van der Waals surface area (Å²) >= 11 is 3.47. The molecule has 0 unspecified atom stereocenters. The third-order valence-electron chi connectivity index (χ3n) is 2.91. The molecule has 5 heteroatoms. The summed E-state index contributed by atoms with van der Waals surface area (Å²) in [5.74, 6) is 2.46. The molecule has 0 saturated carbocycles. The smallest absolute Gasteiger partial charge is 0.133 e. The minimum Gasteiger partial charge on any atom is -0.496 e. The molecule has 1 aromatic carbocycles. The average Bonchev–Trinajstić information content (AvgIpc) is 2.32. The Labute approximate surface area is 113 Å².